The molecule has 2 atom stereocenters. The predicted molar refractivity (Wildman–Crippen MR) is 123 cm³/mol. The second-order valence-corrected chi connectivity index (χ2v) is 15.0. The van der Waals surface area contributed by atoms with E-state index in [0.717, 1.165) is 11.5 Å². The molecule has 0 fully saturated rings. The molecule has 3 heteroatoms. The highest BCUT2D eigenvalue weighted by Gasteiger charge is 2.45. The van der Waals surface area contributed by atoms with E-state index in [2.05, 4.69) is 59.0 Å². The van der Waals surface area contributed by atoms with Crippen LogP contribution in [-0.4, -0.2) is 20.8 Å². The van der Waals surface area contributed by atoms with Crippen LogP contribution in [0.4, 0.5) is 0 Å². The van der Waals surface area contributed by atoms with E-state index in [9.17, 15) is 0 Å². The first-order valence-electron chi connectivity index (χ1n) is 11.3. The van der Waals surface area contributed by atoms with E-state index in [0.29, 0.717) is 11.8 Å². The maximum atomic E-state index is 6.66. The van der Waals surface area contributed by atoms with E-state index in [1.807, 2.05) is 7.11 Å². The van der Waals surface area contributed by atoms with Crippen LogP contribution >= 0.6 is 0 Å². The molecule has 0 amide bonds. The largest absolute Gasteiger partial charge is 0.496 e. The summed E-state index contributed by atoms with van der Waals surface area (Å²) >= 11 is 0. The highest BCUT2D eigenvalue weighted by molar-refractivity contribution is 6.89. The van der Waals surface area contributed by atoms with Crippen LogP contribution < -0.4 is 14.7 Å². The van der Waals surface area contributed by atoms with Gasteiger partial charge < -0.3 is 9.47 Å². The molecule has 0 bridgehead atoms. The van der Waals surface area contributed by atoms with Crippen molar-refractivity contribution in [1.82, 2.24) is 0 Å². The lowest BCUT2D eigenvalue weighted by molar-refractivity contribution is 0.0109. The quantitative estimate of drug-likeness (QED) is 0.284. The summed E-state index contributed by atoms with van der Waals surface area (Å²) in [7, 11) is 0.308. The summed E-state index contributed by atoms with van der Waals surface area (Å²) in [6.45, 7) is 14.1. The van der Waals surface area contributed by atoms with Gasteiger partial charge in [-0.15, -0.1) is 0 Å². The predicted octanol–water partition coefficient (Wildman–Crippen LogP) is 6.80. The van der Waals surface area contributed by atoms with Gasteiger partial charge in [-0.2, -0.15) is 0 Å². The summed E-state index contributed by atoms with van der Waals surface area (Å²) in [6, 6.07) is 6.06. The summed E-state index contributed by atoms with van der Waals surface area (Å²) in [6.07, 6.45) is 10.2. The van der Waals surface area contributed by atoms with Crippen LogP contribution in [0.2, 0.25) is 19.1 Å². The Kier molecular flexibility index (Phi) is 6.34. The number of ether oxygens (including phenoxy) is 2. The lowest BCUT2D eigenvalue weighted by Crippen LogP contribution is -2.47. The summed E-state index contributed by atoms with van der Waals surface area (Å²) in [5.74, 6) is 3.03. The zero-order valence-electron chi connectivity index (χ0n) is 19.2. The molecule has 0 spiro atoms. The molecule has 0 N–H and O–H groups in total. The Morgan fingerprint density at radius 3 is 2.61 bits per heavy atom. The third-order valence-corrected chi connectivity index (χ3v) is 10.6. The minimum Gasteiger partial charge on any atom is -0.496 e. The minimum absolute atomic E-state index is 0.134. The van der Waals surface area contributed by atoms with Gasteiger partial charge in [0.05, 0.1) is 15.2 Å². The van der Waals surface area contributed by atoms with Crippen molar-refractivity contribution < 1.29 is 9.47 Å². The molecular weight excluding hydrogens is 360 g/mol. The Morgan fingerprint density at radius 1 is 1.18 bits per heavy atom. The van der Waals surface area contributed by atoms with Crippen LogP contribution in [0.1, 0.15) is 77.7 Å². The number of benzene rings is 1. The van der Waals surface area contributed by atoms with Crippen LogP contribution in [0.3, 0.4) is 0 Å². The zero-order chi connectivity index (χ0) is 20.5. The van der Waals surface area contributed by atoms with E-state index < -0.39 is 8.07 Å². The molecule has 1 heterocycles. The lowest BCUT2D eigenvalue weighted by atomic mass is 9.68. The number of fused-ring (bicyclic) bond motifs is 3. The third kappa shape index (κ3) is 4.20. The maximum absolute atomic E-state index is 6.66. The average Bonchev–Trinajstić information content (AvgIpc) is 2.63. The zero-order valence-corrected chi connectivity index (χ0v) is 20.2. The van der Waals surface area contributed by atoms with Crippen molar-refractivity contribution in [3.63, 3.8) is 0 Å². The molecule has 0 aromatic heterocycles. The van der Waals surface area contributed by atoms with Crippen molar-refractivity contribution in [2.45, 2.75) is 96.9 Å². The standard InChI is InChI=1S/C25H40O2Si/c1-8-9-10-11-14-28(6,7)19-16-22(26-5)24-20-15-18(2)12-13-21(20)25(3,4)27-23(24)17-19/h15-17,20-21H,8-14H2,1-7H3/t20-,21-/m1/s1. The smallest absolute Gasteiger partial charge is 0.127 e. The summed E-state index contributed by atoms with van der Waals surface area (Å²) in [5, 5.41) is 1.48. The summed E-state index contributed by atoms with van der Waals surface area (Å²) in [5.41, 5.74) is 2.65. The van der Waals surface area contributed by atoms with Gasteiger partial charge in [-0.25, -0.2) is 0 Å². The number of rotatable bonds is 7. The molecule has 1 aliphatic carbocycles. The average molecular weight is 401 g/mol. The Hall–Kier alpha value is -1.22. The normalized spacial score (nSPS) is 23.3. The van der Waals surface area contributed by atoms with Crippen LogP contribution in [0.25, 0.3) is 0 Å². The van der Waals surface area contributed by atoms with Gasteiger partial charge in [-0.3, -0.25) is 0 Å². The third-order valence-electron chi connectivity index (χ3n) is 7.11. The van der Waals surface area contributed by atoms with Gasteiger partial charge in [0.1, 0.15) is 17.1 Å². The van der Waals surface area contributed by atoms with Gasteiger partial charge >= 0.3 is 0 Å². The Labute approximate surface area is 173 Å². The van der Waals surface area contributed by atoms with Gasteiger partial charge in [0, 0.05) is 17.4 Å². The van der Waals surface area contributed by atoms with E-state index in [1.54, 1.807) is 0 Å². The Balaban J connectivity index is 2.00. The molecule has 1 aromatic rings. The molecule has 0 saturated heterocycles. The van der Waals surface area contributed by atoms with Crippen LogP contribution in [0, 0.1) is 5.92 Å². The van der Waals surface area contributed by atoms with Crippen LogP contribution in [0.5, 0.6) is 11.5 Å². The van der Waals surface area contributed by atoms with E-state index in [-0.39, 0.29) is 5.60 Å². The highest BCUT2D eigenvalue weighted by Crippen LogP contribution is 2.53. The van der Waals surface area contributed by atoms with E-state index >= 15 is 0 Å². The molecule has 1 aliphatic heterocycles. The molecule has 2 aliphatic rings. The molecule has 28 heavy (non-hydrogen) atoms. The monoisotopic (exact) mass is 400 g/mol. The number of allylic oxidation sites excluding steroid dienone is 2. The van der Waals surface area contributed by atoms with E-state index in [4.69, 9.17) is 9.47 Å². The number of hydrogen-bond acceptors (Lipinski definition) is 2. The number of methoxy groups -OCH3 is 1. The number of hydrogen-bond donors (Lipinski definition) is 0. The van der Waals surface area contributed by atoms with E-state index in [1.165, 1.54) is 60.9 Å². The van der Waals surface area contributed by atoms with Crippen molar-refractivity contribution in [2.24, 2.45) is 5.92 Å². The highest BCUT2D eigenvalue weighted by atomic mass is 28.3. The molecule has 156 valence electrons. The SMILES string of the molecule is CCCCCC[Si](C)(C)c1cc(OC)c2c(c1)OC(C)(C)[C@@H]1CCC(C)=C[C@@H]21. The van der Waals surface area contributed by atoms with Crippen molar-refractivity contribution in [2.75, 3.05) is 7.11 Å². The summed E-state index contributed by atoms with van der Waals surface area (Å²) in [4.78, 5) is 0. The fourth-order valence-electron chi connectivity index (χ4n) is 5.20. The first kappa shape index (κ1) is 21.5. The van der Waals surface area contributed by atoms with Gasteiger partial charge in [-0.1, -0.05) is 68.6 Å². The van der Waals surface area contributed by atoms with Crippen molar-refractivity contribution in [3.05, 3.63) is 29.3 Å². The van der Waals surface area contributed by atoms with Gasteiger partial charge in [0.15, 0.2) is 0 Å². The van der Waals surface area contributed by atoms with Gasteiger partial charge in [0.25, 0.3) is 0 Å². The summed E-state index contributed by atoms with van der Waals surface area (Å²) < 4.78 is 12.6. The fraction of sp³-hybridized carbons (Fsp3) is 0.680. The van der Waals surface area contributed by atoms with Crippen LogP contribution in [0.15, 0.2) is 23.8 Å². The molecule has 0 radical (unpaired) electrons. The molecule has 0 saturated carbocycles. The molecular formula is C25H40O2Si. The Bertz CT molecular complexity index is 732. The maximum Gasteiger partial charge on any atom is 0.127 e. The minimum atomic E-state index is -1.52. The molecule has 0 unspecified atom stereocenters. The first-order chi connectivity index (χ1) is 13.2. The fourth-order valence-corrected chi connectivity index (χ4v) is 7.67. The molecule has 3 rings (SSSR count). The van der Waals surface area contributed by atoms with Gasteiger partial charge in [-0.05, 0) is 45.7 Å². The lowest BCUT2D eigenvalue weighted by Gasteiger charge is -2.47. The second kappa shape index (κ2) is 8.26. The van der Waals surface area contributed by atoms with Crippen LogP contribution in [-0.2, 0) is 0 Å². The van der Waals surface area contributed by atoms with Crippen molar-refractivity contribution in [1.29, 1.82) is 0 Å². The second-order valence-electron chi connectivity index (χ2n) is 10.2. The van der Waals surface area contributed by atoms with Crippen molar-refractivity contribution in [3.8, 4) is 11.5 Å². The van der Waals surface area contributed by atoms with Crippen molar-refractivity contribution >= 4 is 13.3 Å². The van der Waals surface area contributed by atoms with Gasteiger partial charge in [0.2, 0.25) is 0 Å². The molecule has 1 aromatic carbocycles. The molecule has 2 nitrogen and oxygen atoms in total. The number of unbranched alkanes of at least 4 members (excludes halogenated alkanes) is 3. The topological polar surface area (TPSA) is 18.5 Å². The first-order valence-corrected chi connectivity index (χ1v) is 14.5. The Morgan fingerprint density at radius 2 is 1.93 bits per heavy atom.